The molecule has 1 aliphatic heterocycles. The van der Waals surface area contributed by atoms with Gasteiger partial charge in [0, 0.05) is 78.0 Å². The number of likely N-dealkylation sites (N-methyl/N-ethyl adjacent to an activating group) is 1. The van der Waals surface area contributed by atoms with Gasteiger partial charge in [-0.05, 0) is 55.9 Å². The van der Waals surface area contributed by atoms with Gasteiger partial charge >= 0.3 is 0 Å². The van der Waals surface area contributed by atoms with Crippen LogP contribution in [0.25, 0.3) is 10.9 Å². The van der Waals surface area contributed by atoms with Gasteiger partial charge in [-0.2, -0.15) is 4.98 Å². The summed E-state index contributed by atoms with van der Waals surface area (Å²) in [5.41, 5.74) is 3.87. The van der Waals surface area contributed by atoms with Crippen LogP contribution in [0.3, 0.4) is 0 Å². The van der Waals surface area contributed by atoms with Crippen LogP contribution < -0.4 is 15.5 Å². The van der Waals surface area contributed by atoms with E-state index in [1.807, 2.05) is 43.3 Å². The highest BCUT2D eigenvalue weighted by Crippen LogP contribution is 2.28. The fraction of sp³-hybridized carbons (Fsp3) is 0.296. The highest BCUT2D eigenvalue weighted by atomic mass is 35.5. The van der Waals surface area contributed by atoms with Crippen molar-refractivity contribution in [3.63, 3.8) is 0 Å². The number of piperazine rings is 1. The lowest BCUT2D eigenvalue weighted by atomic mass is 10.1. The maximum Gasteiger partial charge on any atom is 0.227 e. The monoisotopic (exact) mass is 505 g/mol. The minimum Gasteiger partial charge on any atom is -0.366 e. The van der Waals surface area contributed by atoms with E-state index in [4.69, 9.17) is 16.6 Å². The van der Waals surface area contributed by atoms with Gasteiger partial charge in [0.2, 0.25) is 5.95 Å². The molecule has 36 heavy (non-hydrogen) atoms. The third-order valence-electron chi connectivity index (χ3n) is 6.43. The Bertz CT molecular complexity index is 1370. The normalized spacial score (nSPS) is 14.3. The van der Waals surface area contributed by atoms with Crippen LogP contribution in [0.5, 0.6) is 0 Å². The Morgan fingerprint density at radius 1 is 1.00 bits per heavy atom. The minimum absolute atomic E-state index is 0.277. The van der Waals surface area contributed by atoms with E-state index in [0.717, 1.165) is 60.7 Å². The molecule has 0 spiro atoms. The number of anilines is 4. The summed E-state index contributed by atoms with van der Waals surface area (Å²) in [4.78, 5) is 18.4. The van der Waals surface area contributed by atoms with Crippen molar-refractivity contribution in [3.05, 3.63) is 76.8 Å². The summed E-state index contributed by atoms with van der Waals surface area (Å²) >= 11 is 6.11. The standard InChI is InChI=1S/C27H29ClFN7/c1-3-35-10-12-36(13-11-35)27-32-18(2)14-26(34-27)31-17-19-15-21(5-7-23(19)29)33-24-8-9-30-25-16-20(28)4-6-22(24)25/h4-9,14-16H,3,10-13,17H2,1-2H3,(H,30,33)(H,31,32,34). The number of fused-ring (bicyclic) bond motifs is 1. The second-order valence-corrected chi connectivity index (χ2v) is 9.36. The molecule has 0 radical (unpaired) electrons. The molecule has 7 nitrogen and oxygen atoms in total. The molecule has 2 aromatic carbocycles. The molecule has 9 heteroatoms. The molecule has 2 aromatic heterocycles. The highest BCUT2D eigenvalue weighted by Gasteiger charge is 2.18. The van der Waals surface area contributed by atoms with Crippen molar-refractivity contribution in [1.29, 1.82) is 0 Å². The first kappa shape index (κ1) is 24.2. The number of hydrogen-bond donors (Lipinski definition) is 2. The number of nitrogens with zero attached hydrogens (tertiary/aromatic N) is 5. The Kier molecular flexibility index (Phi) is 7.16. The third kappa shape index (κ3) is 5.50. The van der Waals surface area contributed by atoms with E-state index in [1.54, 1.807) is 12.3 Å². The SMILES string of the molecule is CCN1CCN(c2nc(C)cc(NCc3cc(Nc4ccnc5cc(Cl)ccc45)ccc3F)n2)CC1. The van der Waals surface area contributed by atoms with Gasteiger partial charge in [-0.3, -0.25) is 4.98 Å². The number of pyridine rings is 1. The molecule has 0 aliphatic carbocycles. The lowest BCUT2D eigenvalue weighted by molar-refractivity contribution is 0.270. The number of benzene rings is 2. The van der Waals surface area contributed by atoms with Crippen LogP contribution in [-0.2, 0) is 6.54 Å². The fourth-order valence-corrected chi connectivity index (χ4v) is 4.57. The predicted octanol–water partition coefficient (Wildman–Crippen LogP) is 5.62. The molecule has 186 valence electrons. The van der Waals surface area contributed by atoms with Crippen molar-refractivity contribution in [3.8, 4) is 0 Å². The average Bonchev–Trinajstić information content (AvgIpc) is 2.88. The molecule has 0 atom stereocenters. The average molecular weight is 506 g/mol. The summed E-state index contributed by atoms with van der Waals surface area (Å²) in [5.74, 6) is 1.13. The minimum atomic E-state index is -0.277. The topological polar surface area (TPSA) is 69.2 Å². The molecule has 0 bridgehead atoms. The van der Waals surface area contributed by atoms with Gasteiger partial charge < -0.3 is 20.4 Å². The van der Waals surface area contributed by atoms with Gasteiger partial charge in [-0.15, -0.1) is 0 Å². The van der Waals surface area contributed by atoms with Gasteiger partial charge in [0.05, 0.1) is 5.52 Å². The van der Waals surface area contributed by atoms with Crippen molar-refractivity contribution in [1.82, 2.24) is 19.9 Å². The second kappa shape index (κ2) is 10.6. The summed E-state index contributed by atoms with van der Waals surface area (Å²) in [6.07, 6.45) is 1.73. The van der Waals surface area contributed by atoms with Gasteiger partial charge in [0.1, 0.15) is 11.6 Å². The maximum absolute atomic E-state index is 14.7. The Balaban J connectivity index is 1.31. The summed E-state index contributed by atoms with van der Waals surface area (Å²) in [6, 6.07) is 14.4. The zero-order valence-electron chi connectivity index (χ0n) is 20.4. The molecule has 1 saturated heterocycles. The molecule has 2 N–H and O–H groups in total. The number of aromatic nitrogens is 3. The van der Waals surface area contributed by atoms with Crippen molar-refractivity contribution >= 4 is 45.6 Å². The predicted molar refractivity (Wildman–Crippen MR) is 145 cm³/mol. The fourth-order valence-electron chi connectivity index (χ4n) is 4.41. The van der Waals surface area contributed by atoms with Crippen molar-refractivity contribution < 1.29 is 4.39 Å². The second-order valence-electron chi connectivity index (χ2n) is 8.92. The van der Waals surface area contributed by atoms with Gasteiger partial charge in [-0.1, -0.05) is 18.5 Å². The Labute approximate surface area is 215 Å². The first-order chi connectivity index (χ1) is 17.5. The molecule has 5 rings (SSSR count). The summed E-state index contributed by atoms with van der Waals surface area (Å²) in [5, 5.41) is 8.25. The van der Waals surface area contributed by atoms with Gasteiger partial charge in [-0.25, -0.2) is 9.37 Å². The number of rotatable bonds is 7. The van der Waals surface area contributed by atoms with E-state index in [1.165, 1.54) is 6.07 Å². The lowest BCUT2D eigenvalue weighted by Gasteiger charge is -2.34. The first-order valence-electron chi connectivity index (χ1n) is 12.1. The smallest absolute Gasteiger partial charge is 0.227 e. The number of halogens is 2. The van der Waals surface area contributed by atoms with E-state index in [-0.39, 0.29) is 5.82 Å². The molecule has 4 aromatic rings. The molecular formula is C27H29ClFN7. The van der Waals surface area contributed by atoms with Crippen LogP contribution in [0.4, 0.5) is 27.5 Å². The van der Waals surface area contributed by atoms with E-state index >= 15 is 0 Å². The van der Waals surface area contributed by atoms with Gasteiger partial charge in [0.25, 0.3) is 0 Å². The Hall–Kier alpha value is -3.49. The molecular weight excluding hydrogens is 477 g/mol. The quantitative estimate of drug-likeness (QED) is 0.337. The van der Waals surface area contributed by atoms with Crippen molar-refractivity contribution in [2.24, 2.45) is 0 Å². The summed E-state index contributed by atoms with van der Waals surface area (Å²) in [6.45, 7) is 9.29. The van der Waals surface area contributed by atoms with Crippen LogP contribution in [-0.4, -0.2) is 52.6 Å². The van der Waals surface area contributed by atoms with Crippen molar-refractivity contribution in [2.75, 3.05) is 48.3 Å². The maximum atomic E-state index is 14.7. The number of aryl methyl sites for hydroxylation is 1. The third-order valence-corrected chi connectivity index (χ3v) is 6.67. The van der Waals surface area contributed by atoms with Gasteiger partial charge in [0.15, 0.2) is 0 Å². The molecule has 0 amide bonds. The molecule has 1 fully saturated rings. The molecule has 3 heterocycles. The summed E-state index contributed by atoms with van der Waals surface area (Å²) < 4.78 is 14.7. The van der Waals surface area contributed by atoms with Crippen LogP contribution in [0.2, 0.25) is 5.02 Å². The number of nitrogens with one attached hydrogen (secondary N) is 2. The highest BCUT2D eigenvalue weighted by molar-refractivity contribution is 6.31. The molecule has 1 aliphatic rings. The summed E-state index contributed by atoms with van der Waals surface area (Å²) in [7, 11) is 0. The van der Waals surface area contributed by atoms with E-state index in [0.29, 0.717) is 28.9 Å². The van der Waals surface area contributed by atoms with E-state index in [2.05, 4.69) is 37.3 Å². The van der Waals surface area contributed by atoms with Crippen LogP contribution in [0, 0.1) is 12.7 Å². The van der Waals surface area contributed by atoms with Crippen molar-refractivity contribution in [2.45, 2.75) is 20.4 Å². The van der Waals surface area contributed by atoms with E-state index < -0.39 is 0 Å². The Morgan fingerprint density at radius 2 is 1.83 bits per heavy atom. The number of hydrogen-bond acceptors (Lipinski definition) is 7. The lowest BCUT2D eigenvalue weighted by Crippen LogP contribution is -2.46. The first-order valence-corrected chi connectivity index (χ1v) is 12.5. The van der Waals surface area contributed by atoms with Crippen LogP contribution in [0.1, 0.15) is 18.2 Å². The van der Waals surface area contributed by atoms with Crippen LogP contribution in [0.15, 0.2) is 54.7 Å². The Morgan fingerprint density at radius 3 is 2.64 bits per heavy atom. The zero-order chi connectivity index (χ0) is 25.1. The molecule has 0 saturated carbocycles. The van der Waals surface area contributed by atoms with E-state index in [9.17, 15) is 4.39 Å². The molecule has 0 unspecified atom stereocenters. The van der Waals surface area contributed by atoms with Crippen LogP contribution >= 0.6 is 11.6 Å². The zero-order valence-corrected chi connectivity index (χ0v) is 21.2. The largest absolute Gasteiger partial charge is 0.366 e.